The molecule has 144 valence electrons. The molecule has 7 heteroatoms. The van der Waals surface area contributed by atoms with Crippen LogP contribution in [0.25, 0.3) is 6.08 Å². The first-order valence-electron chi connectivity index (χ1n) is 9.00. The van der Waals surface area contributed by atoms with Crippen LogP contribution in [0, 0.1) is 0 Å². The number of hydrogen-bond donors (Lipinski definition) is 1. The van der Waals surface area contributed by atoms with Gasteiger partial charge in [0.05, 0.1) is 5.02 Å². The van der Waals surface area contributed by atoms with Crippen molar-refractivity contribution in [2.45, 2.75) is 32.1 Å². The Morgan fingerprint density at radius 1 is 1.26 bits per heavy atom. The Bertz CT molecular complexity index is 772. The summed E-state index contributed by atoms with van der Waals surface area (Å²) in [6.45, 7) is 0.383. The van der Waals surface area contributed by atoms with Crippen molar-refractivity contribution in [1.29, 1.82) is 0 Å². The third-order valence-electron chi connectivity index (χ3n) is 4.36. The van der Waals surface area contributed by atoms with Gasteiger partial charge in [-0.1, -0.05) is 23.3 Å². The summed E-state index contributed by atoms with van der Waals surface area (Å²) in [7, 11) is 0. The van der Waals surface area contributed by atoms with Crippen molar-refractivity contribution < 1.29 is 23.8 Å². The van der Waals surface area contributed by atoms with Gasteiger partial charge in [0.1, 0.15) is 0 Å². The van der Waals surface area contributed by atoms with Crippen LogP contribution >= 0.6 is 11.6 Å². The van der Waals surface area contributed by atoms with E-state index in [2.05, 4.69) is 11.4 Å². The molecule has 0 saturated carbocycles. The molecule has 27 heavy (non-hydrogen) atoms. The van der Waals surface area contributed by atoms with E-state index in [9.17, 15) is 9.59 Å². The predicted octanol–water partition coefficient (Wildman–Crippen LogP) is 3.63. The third kappa shape index (κ3) is 5.76. The second-order valence-electron chi connectivity index (χ2n) is 6.39. The second kappa shape index (κ2) is 9.46. The lowest BCUT2D eigenvalue weighted by Gasteiger charge is -2.12. The number of carbonyl (C=O) groups excluding carboxylic acids is 2. The summed E-state index contributed by atoms with van der Waals surface area (Å²) in [6, 6.07) is 3.37. The number of halogens is 1. The molecule has 0 spiro atoms. The van der Waals surface area contributed by atoms with Crippen LogP contribution in [0.15, 0.2) is 29.9 Å². The molecule has 0 radical (unpaired) electrons. The smallest absolute Gasteiger partial charge is 0.331 e. The molecular formula is C20H22ClNO5. The molecule has 6 nitrogen and oxygen atoms in total. The number of benzene rings is 1. The summed E-state index contributed by atoms with van der Waals surface area (Å²) in [4.78, 5) is 23.5. The van der Waals surface area contributed by atoms with Crippen LogP contribution in [-0.2, 0) is 14.3 Å². The molecule has 0 saturated heterocycles. The first kappa shape index (κ1) is 19.3. The first-order valence-corrected chi connectivity index (χ1v) is 9.38. The zero-order valence-electron chi connectivity index (χ0n) is 15.0. The molecule has 0 aromatic heterocycles. The predicted molar refractivity (Wildman–Crippen MR) is 102 cm³/mol. The van der Waals surface area contributed by atoms with Crippen LogP contribution in [0.1, 0.15) is 37.7 Å². The number of ether oxygens (including phenoxy) is 3. The third-order valence-corrected chi connectivity index (χ3v) is 4.64. The molecule has 3 rings (SSSR count). The van der Waals surface area contributed by atoms with Crippen molar-refractivity contribution >= 4 is 29.6 Å². The summed E-state index contributed by atoms with van der Waals surface area (Å²) in [6.07, 6.45) is 10.6. The highest BCUT2D eigenvalue weighted by Gasteiger charge is 2.17. The van der Waals surface area contributed by atoms with Crippen molar-refractivity contribution in [2.24, 2.45) is 0 Å². The van der Waals surface area contributed by atoms with Crippen LogP contribution in [0.3, 0.4) is 0 Å². The van der Waals surface area contributed by atoms with Crippen LogP contribution in [0.4, 0.5) is 0 Å². The van der Waals surface area contributed by atoms with E-state index < -0.39 is 5.97 Å². The highest BCUT2D eigenvalue weighted by atomic mass is 35.5. The molecule has 1 N–H and O–H groups in total. The second-order valence-corrected chi connectivity index (χ2v) is 6.79. The summed E-state index contributed by atoms with van der Waals surface area (Å²) < 4.78 is 15.5. The lowest BCUT2D eigenvalue weighted by molar-refractivity contribution is -0.143. The maximum Gasteiger partial charge on any atom is 0.331 e. The maximum atomic E-state index is 11.8. The molecule has 1 aliphatic carbocycles. The van der Waals surface area contributed by atoms with Gasteiger partial charge in [-0.25, -0.2) is 4.79 Å². The van der Waals surface area contributed by atoms with Crippen LogP contribution in [0.5, 0.6) is 11.5 Å². The average Bonchev–Trinajstić information content (AvgIpc) is 3.15. The van der Waals surface area contributed by atoms with Crippen LogP contribution in [0.2, 0.25) is 5.02 Å². The minimum atomic E-state index is -0.603. The number of rotatable bonds is 7. The molecule has 0 bridgehead atoms. The quantitative estimate of drug-likeness (QED) is 0.436. The van der Waals surface area contributed by atoms with Gasteiger partial charge in [0.2, 0.25) is 6.79 Å². The molecule has 0 unspecified atom stereocenters. The van der Waals surface area contributed by atoms with Gasteiger partial charge in [-0.2, -0.15) is 0 Å². The fourth-order valence-corrected chi connectivity index (χ4v) is 3.25. The van der Waals surface area contributed by atoms with E-state index in [1.54, 1.807) is 18.2 Å². The van der Waals surface area contributed by atoms with E-state index in [0.717, 1.165) is 19.3 Å². The number of nitrogens with one attached hydrogen (secondary N) is 1. The SMILES string of the molecule is O=C(COC(=O)/C=C/c1cc(Cl)c2c(c1)OCO2)NCCC1=CCCCC1. The number of hydrogen-bond acceptors (Lipinski definition) is 5. The van der Waals surface area contributed by atoms with Gasteiger partial charge in [0, 0.05) is 12.6 Å². The lowest BCUT2D eigenvalue weighted by atomic mass is 9.97. The summed E-state index contributed by atoms with van der Waals surface area (Å²) in [5, 5.41) is 3.17. The lowest BCUT2D eigenvalue weighted by Crippen LogP contribution is -2.29. The zero-order chi connectivity index (χ0) is 19.1. The minimum absolute atomic E-state index is 0.122. The average molecular weight is 392 g/mol. The van der Waals surface area contributed by atoms with E-state index in [1.165, 1.54) is 24.5 Å². The summed E-state index contributed by atoms with van der Waals surface area (Å²) in [5.41, 5.74) is 2.07. The van der Waals surface area contributed by atoms with E-state index in [1.807, 2.05) is 0 Å². The number of carbonyl (C=O) groups is 2. The molecule has 0 atom stereocenters. The maximum absolute atomic E-state index is 11.8. The fourth-order valence-electron chi connectivity index (χ4n) is 2.98. The van der Waals surface area contributed by atoms with Crippen LogP contribution in [-0.4, -0.2) is 31.8 Å². The molecule has 2 aliphatic rings. The van der Waals surface area contributed by atoms with Crippen molar-refractivity contribution in [1.82, 2.24) is 5.32 Å². The molecule has 0 fully saturated rings. The first-order chi connectivity index (χ1) is 13.1. The molecular weight excluding hydrogens is 370 g/mol. The minimum Gasteiger partial charge on any atom is -0.454 e. The van der Waals surface area contributed by atoms with Crippen molar-refractivity contribution in [3.05, 3.63) is 40.4 Å². The van der Waals surface area contributed by atoms with Gasteiger partial charge in [0.25, 0.3) is 5.91 Å². The van der Waals surface area contributed by atoms with E-state index in [-0.39, 0.29) is 19.3 Å². The van der Waals surface area contributed by atoms with Gasteiger partial charge in [-0.05, 0) is 55.9 Å². The Kier molecular flexibility index (Phi) is 6.76. The zero-order valence-corrected chi connectivity index (χ0v) is 15.7. The van der Waals surface area contributed by atoms with E-state index in [0.29, 0.717) is 28.6 Å². The summed E-state index contributed by atoms with van der Waals surface area (Å²) >= 11 is 6.09. The normalized spacial score (nSPS) is 15.5. The Labute approximate surface area is 163 Å². The Morgan fingerprint density at radius 3 is 2.96 bits per heavy atom. The molecule has 1 amide bonds. The Morgan fingerprint density at radius 2 is 2.15 bits per heavy atom. The Hall–Kier alpha value is -2.47. The number of allylic oxidation sites excluding steroid dienone is 1. The standard InChI is InChI=1S/C20H22ClNO5/c21-16-10-15(11-17-20(16)27-13-26-17)6-7-19(24)25-12-18(23)22-9-8-14-4-2-1-3-5-14/h4,6-7,10-11H,1-3,5,8-9,12-13H2,(H,22,23)/b7-6+. The molecule has 1 aromatic rings. The van der Waals surface area contributed by atoms with Crippen molar-refractivity contribution in [2.75, 3.05) is 19.9 Å². The van der Waals surface area contributed by atoms with Gasteiger partial charge in [-0.15, -0.1) is 0 Å². The monoisotopic (exact) mass is 391 g/mol. The van der Waals surface area contributed by atoms with Crippen molar-refractivity contribution in [3.63, 3.8) is 0 Å². The molecule has 1 heterocycles. The van der Waals surface area contributed by atoms with Crippen molar-refractivity contribution in [3.8, 4) is 11.5 Å². The van der Waals surface area contributed by atoms with Gasteiger partial charge < -0.3 is 19.5 Å². The topological polar surface area (TPSA) is 73.9 Å². The highest BCUT2D eigenvalue weighted by molar-refractivity contribution is 6.32. The number of fused-ring (bicyclic) bond motifs is 1. The molecule has 1 aliphatic heterocycles. The fraction of sp³-hybridized carbons (Fsp3) is 0.400. The highest BCUT2D eigenvalue weighted by Crippen LogP contribution is 2.40. The summed E-state index contributed by atoms with van der Waals surface area (Å²) in [5.74, 6) is 0.119. The van der Waals surface area contributed by atoms with Crippen LogP contribution < -0.4 is 14.8 Å². The van der Waals surface area contributed by atoms with E-state index >= 15 is 0 Å². The number of esters is 1. The number of amides is 1. The van der Waals surface area contributed by atoms with Gasteiger partial charge >= 0.3 is 5.97 Å². The van der Waals surface area contributed by atoms with E-state index in [4.69, 9.17) is 25.8 Å². The largest absolute Gasteiger partial charge is 0.454 e. The van der Waals surface area contributed by atoms with Gasteiger partial charge in [-0.3, -0.25) is 4.79 Å². The molecule has 1 aromatic carbocycles. The Balaban J connectivity index is 1.39. The van der Waals surface area contributed by atoms with Gasteiger partial charge in [0.15, 0.2) is 18.1 Å².